The minimum Gasteiger partial charge on any atom is -0.479 e. The lowest BCUT2D eigenvalue weighted by atomic mass is 11.3. The molecule has 7 heavy (non-hydrogen) atoms. The Bertz CT molecular complexity index is 75.3. The second-order valence-electron chi connectivity index (χ2n) is 1.04. The fraction of sp³-hybridized carbons (Fsp3) is 0.667. The molecule has 0 fully saturated rings. The zero-order valence-corrected chi connectivity index (χ0v) is 3.60. The highest BCUT2D eigenvalue weighted by Gasteiger charge is 2.10. The standard InChI is InChI=1S/C3H6FNO2/c4-2(1-5)3(6)7/h2H,1,5H2,(H,6,7)/t2-/m0/s1/i1+1,2+1,3+1. The van der Waals surface area contributed by atoms with Crippen molar-refractivity contribution in [2.75, 3.05) is 6.54 Å². The number of aliphatic carboxylic acids is 1. The normalized spacial score (nSPS) is 13.4. The molecule has 3 nitrogen and oxygen atoms in total. The molecular formula is C3H6FNO2. The van der Waals surface area contributed by atoms with Crippen LogP contribution in [0.4, 0.5) is 4.39 Å². The number of halogens is 1. The minimum absolute atomic E-state index is 0.449. The van der Waals surface area contributed by atoms with Crippen molar-refractivity contribution < 1.29 is 14.3 Å². The van der Waals surface area contributed by atoms with Crippen LogP contribution >= 0.6 is 0 Å². The Hall–Kier alpha value is -0.640. The molecule has 0 amide bonds. The third-order valence-corrected chi connectivity index (χ3v) is 0.475. The van der Waals surface area contributed by atoms with Crippen LogP contribution in [0.15, 0.2) is 0 Å². The molecule has 0 bridgehead atoms. The summed E-state index contributed by atoms with van der Waals surface area (Å²) in [5.74, 6) is -1.50. The molecule has 0 saturated carbocycles. The van der Waals surface area contributed by atoms with Crippen LogP contribution in [0.3, 0.4) is 0 Å². The number of carboxylic acid groups (broad SMARTS) is 1. The average Bonchev–Trinajstić information content (AvgIpc) is 1.65. The second kappa shape index (κ2) is 2.52. The quantitative estimate of drug-likeness (QED) is 0.465. The van der Waals surface area contributed by atoms with E-state index in [0.29, 0.717) is 0 Å². The molecule has 42 valence electrons. The van der Waals surface area contributed by atoms with Gasteiger partial charge in [-0.1, -0.05) is 0 Å². The molecule has 0 aliphatic rings. The van der Waals surface area contributed by atoms with Crippen LogP contribution in [0.1, 0.15) is 0 Å². The van der Waals surface area contributed by atoms with Crippen LogP contribution in [0.5, 0.6) is 0 Å². The van der Waals surface area contributed by atoms with Crippen LogP contribution in [-0.4, -0.2) is 23.8 Å². The third kappa shape index (κ3) is 2.11. The molecule has 0 rings (SSSR count). The summed E-state index contributed by atoms with van der Waals surface area (Å²) in [5.41, 5.74) is 4.62. The number of rotatable bonds is 2. The first-order valence-electron chi connectivity index (χ1n) is 1.75. The van der Waals surface area contributed by atoms with Crippen LogP contribution in [-0.2, 0) is 4.79 Å². The van der Waals surface area contributed by atoms with E-state index in [1.54, 1.807) is 0 Å². The number of nitrogens with two attached hydrogens (primary N) is 1. The van der Waals surface area contributed by atoms with Crippen molar-refractivity contribution in [3.8, 4) is 0 Å². The number of alkyl halides is 1. The SMILES string of the molecule is N[13CH2][13C@H](F)[13C](=O)O. The molecule has 1 atom stereocenters. The minimum atomic E-state index is -1.90. The lowest BCUT2D eigenvalue weighted by molar-refractivity contribution is -0.142. The van der Waals surface area contributed by atoms with Crippen molar-refractivity contribution in [1.29, 1.82) is 0 Å². The predicted molar refractivity (Wildman–Crippen MR) is 21.6 cm³/mol. The summed E-state index contributed by atoms with van der Waals surface area (Å²) < 4.78 is 11.5. The fourth-order valence-corrected chi connectivity index (χ4v) is 0.101. The second-order valence-corrected chi connectivity index (χ2v) is 1.04. The van der Waals surface area contributed by atoms with Gasteiger partial charge in [-0.15, -0.1) is 0 Å². The molecule has 0 aromatic rings. The Labute approximate surface area is 39.9 Å². The molecule has 0 aromatic carbocycles. The smallest absolute Gasteiger partial charge is 0.339 e. The van der Waals surface area contributed by atoms with Crippen molar-refractivity contribution in [2.45, 2.75) is 6.17 Å². The Balaban J connectivity index is 3.34. The Kier molecular flexibility index (Phi) is 2.29. The molecule has 0 aliphatic carbocycles. The van der Waals surface area contributed by atoms with Gasteiger partial charge in [-0.2, -0.15) is 0 Å². The van der Waals surface area contributed by atoms with E-state index in [1.165, 1.54) is 0 Å². The van der Waals surface area contributed by atoms with Gasteiger partial charge in [0.15, 0.2) is 0 Å². The maximum Gasteiger partial charge on any atom is 0.339 e. The van der Waals surface area contributed by atoms with Gasteiger partial charge in [0.25, 0.3) is 0 Å². The Morgan fingerprint density at radius 3 is 2.43 bits per heavy atom. The third-order valence-electron chi connectivity index (χ3n) is 0.475. The highest BCUT2D eigenvalue weighted by molar-refractivity contribution is 5.72. The fourth-order valence-electron chi connectivity index (χ4n) is 0.101. The molecule has 0 aliphatic heterocycles. The monoisotopic (exact) mass is 110 g/mol. The first kappa shape index (κ1) is 6.36. The molecule has 3 N–H and O–H groups in total. The van der Waals surface area contributed by atoms with E-state index in [-0.39, 0.29) is 0 Å². The zero-order chi connectivity index (χ0) is 5.86. The molecular weight excluding hydrogens is 104 g/mol. The highest BCUT2D eigenvalue weighted by atomic mass is 19.2. The predicted octanol–water partition coefficient (Wildman–Crippen LogP) is -0.632. The first-order valence-corrected chi connectivity index (χ1v) is 1.75. The summed E-state index contributed by atoms with van der Waals surface area (Å²) in [7, 11) is 0. The van der Waals surface area contributed by atoms with E-state index in [2.05, 4.69) is 5.73 Å². The van der Waals surface area contributed by atoms with E-state index in [0.717, 1.165) is 0 Å². The van der Waals surface area contributed by atoms with Crippen molar-refractivity contribution in [3.05, 3.63) is 0 Å². The van der Waals surface area contributed by atoms with Gasteiger partial charge in [0.1, 0.15) is 0 Å². The van der Waals surface area contributed by atoms with Crippen molar-refractivity contribution >= 4 is 5.97 Å². The first-order chi connectivity index (χ1) is 3.18. The van der Waals surface area contributed by atoms with Gasteiger partial charge in [0.2, 0.25) is 6.17 Å². The van der Waals surface area contributed by atoms with Gasteiger partial charge in [-0.05, 0) is 0 Å². The van der Waals surface area contributed by atoms with Gasteiger partial charge in [0, 0.05) is 6.54 Å². The Morgan fingerprint density at radius 2 is 2.43 bits per heavy atom. The zero-order valence-electron chi connectivity index (χ0n) is 3.60. The molecule has 0 aromatic heterocycles. The van der Waals surface area contributed by atoms with Crippen molar-refractivity contribution in [1.82, 2.24) is 0 Å². The largest absolute Gasteiger partial charge is 0.479 e. The molecule has 0 saturated heterocycles. The van der Waals surface area contributed by atoms with Gasteiger partial charge >= 0.3 is 5.97 Å². The van der Waals surface area contributed by atoms with E-state index < -0.39 is 18.7 Å². The summed E-state index contributed by atoms with van der Waals surface area (Å²) in [4.78, 5) is 9.48. The summed E-state index contributed by atoms with van der Waals surface area (Å²) >= 11 is 0. The number of carboxylic acids is 1. The molecule has 0 spiro atoms. The lowest BCUT2D eigenvalue weighted by Crippen LogP contribution is -2.24. The van der Waals surface area contributed by atoms with E-state index in [9.17, 15) is 9.18 Å². The van der Waals surface area contributed by atoms with Gasteiger partial charge in [0.05, 0.1) is 0 Å². The number of hydrogen-bond acceptors (Lipinski definition) is 2. The maximum absolute atomic E-state index is 11.5. The summed E-state index contributed by atoms with van der Waals surface area (Å²) in [6.07, 6.45) is -1.90. The maximum atomic E-state index is 11.5. The van der Waals surface area contributed by atoms with E-state index in [4.69, 9.17) is 5.11 Å². The summed E-state index contributed by atoms with van der Waals surface area (Å²) in [6.45, 7) is -0.449. The average molecular weight is 110 g/mol. The van der Waals surface area contributed by atoms with Crippen molar-refractivity contribution in [2.24, 2.45) is 5.73 Å². The lowest BCUT2D eigenvalue weighted by Gasteiger charge is -1.92. The molecule has 4 heteroatoms. The number of carbonyl (C=O) groups is 1. The van der Waals surface area contributed by atoms with Gasteiger partial charge < -0.3 is 10.8 Å². The topological polar surface area (TPSA) is 63.3 Å². The van der Waals surface area contributed by atoms with E-state index in [1.807, 2.05) is 0 Å². The van der Waals surface area contributed by atoms with E-state index >= 15 is 0 Å². The van der Waals surface area contributed by atoms with Gasteiger partial charge in [-0.3, -0.25) is 0 Å². The summed E-state index contributed by atoms with van der Waals surface area (Å²) in [6, 6.07) is 0. The molecule has 0 radical (unpaired) electrons. The van der Waals surface area contributed by atoms with Crippen LogP contribution in [0, 0.1) is 0 Å². The van der Waals surface area contributed by atoms with Crippen LogP contribution in [0.25, 0.3) is 0 Å². The van der Waals surface area contributed by atoms with Crippen LogP contribution in [0.2, 0.25) is 0 Å². The highest BCUT2D eigenvalue weighted by Crippen LogP contribution is 1.83. The molecule has 0 unspecified atom stereocenters. The van der Waals surface area contributed by atoms with Gasteiger partial charge in [-0.25, -0.2) is 9.18 Å². The number of hydrogen-bond donors (Lipinski definition) is 2. The van der Waals surface area contributed by atoms with Crippen molar-refractivity contribution in [3.63, 3.8) is 0 Å². The Morgan fingerprint density at radius 1 is 2.00 bits per heavy atom. The summed E-state index contributed by atoms with van der Waals surface area (Å²) in [5, 5.41) is 7.73. The molecule has 0 heterocycles. The van der Waals surface area contributed by atoms with Crippen LogP contribution < -0.4 is 5.73 Å².